The first-order chi connectivity index (χ1) is 21.3. The third-order valence-electron chi connectivity index (χ3n) is 13.8. The highest BCUT2D eigenvalue weighted by molar-refractivity contribution is 5.77. The smallest absolute Gasteiger partial charge is 0.311 e. The zero-order valence-corrected chi connectivity index (χ0v) is 29.0. The molecule has 0 amide bonds. The van der Waals surface area contributed by atoms with Gasteiger partial charge in [-0.3, -0.25) is 19.2 Å². The number of esters is 4. The largest absolute Gasteiger partial charge is 0.469 e. The van der Waals surface area contributed by atoms with E-state index < -0.39 is 0 Å². The number of ether oxygens (including phenoxy) is 4. The number of hydrogen-bond acceptors (Lipinski definition) is 8. The van der Waals surface area contributed by atoms with E-state index in [1.54, 1.807) is 0 Å². The van der Waals surface area contributed by atoms with Gasteiger partial charge in [0.05, 0.1) is 50.1 Å². The van der Waals surface area contributed by atoms with E-state index in [1.807, 2.05) is 41.5 Å². The van der Waals surface area contributed by atoms with Crippen LogP contribution >= 0.6 is 0 Å². The molecule has 286 valence electrons. The van der Waals surface area contributed by atoms with E-state index in [0.717, 1.165) is 67.5 Å². The Morgan fingerprint density at radius 2 is 1.00 bits per heavy atom. The van der Waals surface area contributed by atoms with Crippen molar-refractivity contribution in [2.45, 2.75) is 129 Å². The minimum Gasteiger partial charge on any atom is -0.469 e. The molecule has 8 heteroatoms. The Morgan fingerprint density at radius 3 is 1.45 bits per heavy atom. The molecule has 12 atom stereocenters. The second-order valence-electron chi connectivity index (χ2n) is 16.5. The van der Waals surface area contributed by atoms with Gasteiger partial charge in [-0.2, -0.15) is 0 Å². The minimum absolute atomic E-state index is 0. The molecule has 0 aromatic carbocycles. The summed E-state index contributed by atoms with van der Waals surface area (Å²) < 4.78 is 19.5. The van der Waals surface area contributed by atoms with E-state index >= 15 is 0 Å². The van der Waals surface area contributed by atoms with Gasteiger partial charge in [0.25, 0.3) is 0 Å². The molecule has 8 rings (SSSR count). The normalized spacial score (nSPS) is 37.1. The molecule has 0 spiro atoms. The SMILES string of the molecule is C.C.C.C.CCC(C)(C)C(=O)OC.CCC(C)(C)C(=O)OC.O=C1OCC2C3CC(C12)C1C2CCC(C2)C31.O=C1OCC2C3CCC(C3)C12. The fourth-order valence-corrected chi connectivity index (χ4v) is 10.7. The first-order valence-corrected chi connectivity index (χ1v) is 17.8. The number of hydrogen-bond donors (Lipinski definition) is 0. The lowest BCUT2D eigenvalue weighted by atomic mass is 9.64. The molecular weight excluding hydrogens is 620 g/mol. The number of carbonyl (C=O) groups excluding carboxylic acids is 4. The Labute approximate surface area is 299 Å². The summed E-state index contributed by atoms with van der Waals surface area (Å²) >= 11 is 0. The van der Waals surface area contributed by atoms with Crippen molar-refractivity contribution in [3.05, 3.63) is 0 Å². The Hall–Kier alpha value is -2.12. The van der Waals surface area contributed by atoms with Gasteiger partial charge in [0.1, 0.15) is 0 Å². The summed E-state index contributed by atoms with van der Waals surface area (Å²) in [6.07, 6.45) is 11.4. The average Bonchev–Trinajstić information content (AvgIpc) is 3.88. The van der Waals surface area contributed by atoms with Gasteiger partial charge in [-0.15, -0.1) is 0 Å². The molecule has 6 saturated carbocycles. The van der Waals surface area contributed by atoms with E-state index in [4.69, 9.17) is 9.47 Å². The Kier molecular flexibility index (Phi) is 15.9. The second-order valence-corrected chi connectivity index (χ2v) is 16.5. The molecule has 2 saturated heterocycles. The van der Waals surface area contributed by atoms with Crippen LogP contribution in [0, 0.1) is 81.8 Å². The minimum atomic E-state index is -0.311. The van der Waals surface area contributed by atoms with Crippen molar-refractivity contribution in [2.24, 2.45) is 81.8 Å². The van der Waals surface area contributed by atoms with Gasteiger partial charge in [0, 0.05) is 11.8 Å². The molecule has 6 aliphatic carbocycles. The maximum atomic E-state index is 11.8. The summed E-state index contributed by atoms with van der Waals surface area (Å²) in [6.45, 7) is 12.9. The lowest BCUT2D eigenvalue weighted by molar-refractivity contribution is -0.151. The molecule has 49 heavy (non-hydrogen) atoms. The first-order valence-electron chi connectivity index (χ1n) is 17.8. The van der Waals surface area contributed by atoms with E-state index in [0.29, 0.717) is 29.6 Å². The summed E-state index contributed by atoms with van der Waals surface area (Å²) in [7, 11) is 2.83. The molecule has 8 nitrogen and oxygen atoms in total. The van der Waals surface area contributed by atoms with Crippen LogP contribution in [0.4, 0.5) is 0 Å². The van der Waals surface area contributed by atoms with Crippen molar-refractivity contribution in [1.29, 1.82) is 0 Å². The van der Waals surface area contributed by atoms with E-state index in [-0.39, 0.29) is 64.4 Å². The predicted molar refractivity (Wildman–Crippen MR) is 195 cm³/mol. The van der Waals surface area contributed by atoms with Crippen LogP contribution in [0.3, 0.4) is 0 Å². The second kappa shape index (κ2) is 17.4. The van der Waals surface area contributed by atoms with Gasteiger partial charge < -0.3 is 18.9 Å². The number of carbonyl (C=O) groups is 4. The first kappa shape index (κ1) is 44.9. The molecule has 0 radical (unpaired) electrons. The van der Waals surface area contributed by atoms with Gasteiger partial charge in [-0.1, -0.05) is 43.6 Å². The molecule has 0 aromatic rings. The number of methoxy groups -OCH3 is 2. The Morgan fingerprint density at radius 1 is 0.592 bits per heavy atom. The number of cyclic esters (lactones) is 2. The summed E-state index contributed by atoms with van der Waals surface area (Å²) in [5.74, 6) is 8.91. The monoisotopic (exact) mass is 695 g/mol. The van der Waals surface area contributed by atoms with Crippen LogP contribution in [0.25, 0.3) is 0 Å². The van der Waals surface area contributed by atoms with Gasteiger partial charge in [-0.25, -0.2) is 0 Å². The highest BCUT2D eigenvalue weighted by Gasteiger charge is 2.68. The summed E-state index contributed by atoms with van der Waals surface area (Å²) in [6, 6.07) is 0. The van der Waals surface area contributed by atoms with Crippen LogP contribution in [0.15, 0.2) is 0 Å². The summed E-state index contributed by atoms with van der Waals surface area (Å²) in [4.78, 5) is 44.7. The zero-order valence-electron chi connectivity index (χ0n) is 29.0. The van der Waals surface area contributed by atoms with Crippen LogP contribution in [0.5, 0.6) is 0 Å². The molecule has 8 aliphatic rings. The number of rotatable bonds is 4. The van der Waals surface area contributed by atoms with Crippen LogP contribution in [0.2, 0.25) is 0 Å². The molecule has 6 bridgehead atoms. The Balaban J connectivity index is 0.000000330. The van der Waals surface area contributed by atoms with Crippen molar-refractivity contribution in [3.63, 3.8) is 0 Å². The topological polar surface area (TPSA) is 105 Å². The van der Waals surface area contributed by atoms with Crippen molar-refractivity contribution in [1.82, 2.24) is 0 Å². The number of fused-ring (bicyclic) bond motifs is 17. The Bertz CT molecular complexity index is 1100. The van der Waals surface area contributed by atoms with Crippen LogP contribution in [0.1, 0.15) is 129 Å². The van der Waals surface area contributed by atoms with Crippen molar-refractivity contribution in [3.8, 4) is 0 Å². The van der Waals surface area contributed by atoms with Gasteiger partial charge in [0.2, 0.25) is 0 Å². The van der Waals surface area contributed by atoms with Gasteiger partial charge >= 0.3 is 23.9 Å². The third kappa shape index (κ3) is 8.19. The fourth-order valence-electron chi connectivity index (χ4n) is 10.7. The molecule has 0 N–H and O–H groups in total. The predicted octanol–water partition coefficient (Wildman–Crippen LogP) is 9.03. The summed E-state index contributed by atoms with van der Waals surface area (Å²) in [5.41, 5.74) is -0.622. The maximum Gasteiger partial charge on any atom is 0.311 e. The molecule has 8 fully saturated rings. The lowest BCUT2D eigenvalue weighted by Crippen LogP contribution is -2.38. The lowest BCUT2D eigenvalue weighted by Gasteiger charge is -2.38. The molecule has 12 unspecified atom stereocenters. The summed E-state index contributed by atoms with van der Waals surface area (Å²) in [5, 5.41) is 0. The highest BCUT2D eigenvalue weighted by Crippen LogP contribution is 2.71. The van der Waals surface area contributed by atoms with E-state index in [1.165, 1.54) is 59.2 Å². The molecule has 2 aliphatic heterocycles. The maximum absolute atomic E-state index is 11.8. The van der Waals surface area contributed by atoms with Gasteiger partial charge in [0.15, 0.2) is 0 Å². The molecular formula is C41H74O8. The zero-order chi connectivity index (χ0) is 32.8. The highest BCUT2D eigenvalue weighted by atomic mass is 16.5. The van der Waals surface area contributed by atoms with Crippen molar-refractivity contribution in [2.75, 3.05) is 27.4 Å². The van der Waals surface area contributed by atoms with Crippen LogP contribution < -0.4 is 0 Å². The standard InChI is InChI=1S/C14H18O2.C9H12O2.2C7H14O2.4CH4/c15-14-13-9-4-8(10(13)5-16-14)11-6-1-2-7(3-6)12(9)11;10-9-8-6-2-1-5(3-6)7(8)4-11-9;2*1-5-7(2,3)6(8)9-4;;;;/h6-13H,1-5H2;5-8H,1-4H2;2*5H2,1-4H3;4*1H4. The third-order valence-corrected chi connectivity index (χ3v) is 13.8. The van der Waals surface area contributed by atoms with Crippen LogP contribution in [-0.2, 0) is 38.1 Å². The van der Waals surface area contributed by atoms with Gasteiger partial charge in [-0.05, 0) is 133 Å². The fraction of sp³-hybridized carbons (Fsp3) is 0.902. The van der Waals surface area contributed by atoms with Crippen LogP contribution in [-0.4, -0.2) is 51.3 Å². The van der Waals surface area contributed by atoms with Crippen molar-refractivity contribution >= 4 is 23.9 Å². The van der Waals surface area contributed by atoms with E-state index in [9.17, 15) is 19.2 Å². The quantitative estimate of drug-likeness (QED) is 0.163. The molecule has 0 aromatic heterocycles. The van der Waals surface area contributed by atoms with E-state index in [2.05, 4.69) is 9.47 Å². The van der Waals surface area contributed by atoms with Crippen molar-refractivity contribution < 1.29 is 38.1 Å². The average molecular weight is 695 g/mol. The molecule has 2 heterocycles.